The Morgan fingerprint density at radius 1 is 1.50 bits per heavy atom. The number of thiazole rings is 1. The van der Waals surface area contributed by atoms with Crippen LogP contribution in [-0.4, -0.2) is 4.98 Å². The summed E-state index contributed by atoms with van der Waals surface area (Å²) >= 11 is 12.3. The number of thiophene rings is 1. The Bertz CT molecular complexity index is 386. The van der Waals surface area contributed by atoms with Crippen LogP contribution in [-0.2, 0) is 6.54 Å². The summed E-state index contributed by atoms with van der Waals surface area (Å²) in [6, 6.07) is 3.92. The van der Waals surface area contributed by atoms with Gasteiger partial charge in [-0.2, -0.15) is 0 Å². The van der Waals surface area contributed by atoms with Crippen LogP contribution in [0.2, 0.25) is 4.34 Å². The molecule has 0 aliphatic heterocycles. The minimum atomic E-state index is 0.775. The first-order valence-electron chi connectivity index (χ1n) is 3.83. The predicted octanol–water partition coefficient (Wildman–Crippen LogP) is 4.23. The maximum absolute atomic E-state index is 5.82. The van der Waals surface area contributed by atoms with Crippen LogP contribution in [0.15, 0.2) is 22.1 Å². The number of rotatable bonds is 3. The highest BCUT2D eigenvalue weighted by Crippen LogP contribution is 2.24. The molecule has 0 saturated carbocycles. The lowest BCUT2D eigenvalue weighted by Crippen LogP contribution is -1.95. The molecule has 2 rings (SSSR count). The highest BCUT2D eigenvalue weighted by atomic mass is 79.9. The molecule has 1 N–H and O–H groups in total. The molecule has 2 aromatic rings. The Morgan fingerprint density at radius 2 is 2.36 bits per heavy atom. The third kappa shape index (κ3) is 2.70. The van der Waals surface area contributed by atoms with Crippen LogP contribution >= 0.6 is 50.2 Å². The number of hydrogen-bond acceptors (Lipinski definition) is 4. The molecule has 2 aromatic heterocycles. The fraction of sp³-hybridized carbons (Fsp3) is 0.125. The quantitative estimate of drug-likeness (QED) is 0.917. The first-order valence-corrected chi connectivity index (χ1v) is 6.70. The van der Waals surface area contributed by atoms with Crippen molar-refractivity contribution >= 4 is 55.3 Å². The molecule has 2 nitrogen and oxygen atoms in total. The Morgan fingerprint density at radius 3 is 2.93 bits per heavy atom. The van der Waals surface area contributed by atoms with Crippen molar-refractivity contribution in [3.05, 3.63) is 31.3 Å². The lowest BCUT2D eigenvalue weighted by atomic mass is 10.5. The van der Waals surface area contributed by atoms with Crippen molar-refractivity contribution in [2.75, 3.05) is 5.32 Å². The Kier molecular flexibility index (Phi) is 3.43. The SMILES string of the molecule is Clc1ccc(CNc2nc(Br)cs2)s1. The van der Waals surface area contributed by atoms with Crippen LogP contribution in [0.3, 0.4) is 0 Å². The largest absolute Gasteiger partial charge is 0.357 e. The van der Waals surface area contributed by atoms with E-state index in [-0.39, 0.29) is 0 Å². The molecule has 0 bridgehead atoms. The number of hydrogen-bond donors (Lipinski definition) is 1. The Hall–Kier alpha value is -0.100. The van der Waals surface area contributed by atoms with Crippen molar-refractivity contribution in [3.63, 3.8) is 0 Å². The second-order valence-electron chi connectivity index (χ2n) is 2.53. The molecule has 0 unspecified atom stereocenters. The lowest BCUT2D eigenvalue weighted by Gasteiger charge is -1.98. The fourth-order valence-electron chi connectivity index (χ4n) is 0.945. The predicted molar refractivity (Wildman–Crippen MR) is 66.5 cm³/mol. The third-order valence-corrected chi connectivity index (χ3v) is 4.26. The van der Waals surface area contributed by atoms with Gasteiger partial charge in [0.25, 0.3) is 0 Å². The molecule has 0 aromatic carbocycles. The zero-order chi connectivity index (χ0) is 9.97. The molecule has 0 fully saturated rings. The van der Waals surface area contributed by atoms with Gasteiger partial charge in [0.15, 0.2) is 5.13 Å². The van der Waals surface area contributed by atoms with E-state index in [4.69, 9.17) is 11.6 Å². The zero-order valence-corrected chi connectivity index (χ0v) is 10.9. The Labute approximate surface area is 103 Å². The molecule has 0 aliphatic rings. The van der Waals surface area contributed by atoms with E-state index in [0.717, 1.165) is 20.6 Å². The maximum Gasteiger partial charge on any atom is 0.184 e. The highest BCUT2D eigenvalue weighted by Gasteiger charge is 2.00. The van der Waals surface area contributed by atoms with Gasteiger partial charge in [0.2, 0.25) is 0 Å². The minimum Gasteiger partial charge on any atom is -0.357 e. The summed E-state index contributed by atoms with van der Waals surface area (Å²) in [6.45, 7) is 0.775. The van der Waals surface area contributed by atoms with Crippen molar-refractivity contribution < 1.29 is 0 Å². The van der Waals surface area contributed by atoms with Gasteiger partial charge in [-0.25, -0.2) is 4.98 Å². The summed E-state index contributed by atoms with van der Waals surface area (Å²) in [7, 11) is 0. The number of nitrogens with one attached hydrogen (secondary N) is 1. The smallest absolute Gasteiger partial charge is 0.184 e. The Balaban J connectivity index is 1.94. The molecule has 0 spiro atoms. The second-order valence-corrected chi connectivity index (χ2v) is 6.00. The van der Waals surface area contributed by atoms with Crippen LogP contribution in [0.5, 0.6) is 0 Å². The van der Waals surface area contributed by atoms with Gasteiger partial charge in [0.1, 0.15) is 4.60 Å². The van der Waals surface area contributed by atoms with Crippen LogP contribution in [0.25, 0.3) is 0 Å². The number of nitrogens with zero attached hydrogens (tertiary/aromatic N) is 1. The van der Waals surface area contributed by atoms with Crippen LogP contribution in [0.4, 0.5) is 5.13 Å². The van der Waals surface area contributed by atoms with Gasteiger partial charge in [-0.3, -0.25) is 0 Å². The molecular formula is C8H6BrClN2S2. The molecule has 74 valence electrons. The lowest BCUT2D eigenvalue weighted by molar-refractivity contribution is 1.16. The van der Waals surface area contributed by atoms with E-state index in [0.29, 0.717) is 0 Å². The summed E-state index contributed by atoms with van der Waals surface area (Å²) < 4.78 is 1.69. The van der Waals surface area contributed by atoms with E-state index in [1.54, 1.807) is 22.7 Å². The molecule has 0 aliphatic carbocycles. The number of anilines is 1. The first kappa shape index (κ1) is 10.4. The van der Waals surface area contributed by atoms with Gasteiger partial charge in [-0.05, 0) is 28.1 Å². The summed E-state index contributed by atoms with van der Waals surface area (Å²) in [5, 5.41) is 6.09. The second kappa shape index (κ2) is 4.61. The van der Waals surface area contributed by atoms with E-state index in [9.17, 15) is 0 Å². The fourth-order valence-corrected chi connectivity index (χ4v) is 3.12. The highest BCUT2D eigenvalue weighted by molar-refractivity contribution is 9.10. The van der Waals surface area contributed by atoms with Gasteiger partial charge < -0.3 is 5.32 Å². The van der Waals surface area contributed by atoms with Crippen molar-refractivity contribution in [2.45, 2.75) is 6.54 Å². The zero-order valence-electron chi connectivity index (χ0n) is 6.96. The molecule has 0 saturated heterocycles. The van der Waals surface area contributed by atoms with Gasteiger partial charge in [0, 0.05) is 10.3 Å². The average molecular weight is 310 g/mol. The summed E-state index contributed by atoms with van der Waals surface area (Å²) in [6.07, 6.45) is 0. The third-order valence-electron chi connectivity index (χ3n) is 1.52. The molecule has 0 atom stereocenters. The van der Waals surface area contributed by atoms with E-state index in [1.807, 2.05) is 17.5 Å². The average Bonchev–Trinajstić information content (AvgIpc) is 2.72. The van der Waals surface area contributed by atoms with E-state index >= 15 is 0 Å². The monoisotopic (exact) mass is 308 g/mol. The van der Waals surface area contributed by atoms with Gasteiger partial charge >= 0.3 is 0 Å². The normalized spacial score (nSPS) is 10.4. The molecule has 6 heteroatoms. The van der Waals surface area contributed by atoms with Crippen LogP contribution < -0.4 is 5.32 Å². The summed E-state index contributed by atoms with van der Waals surface area (Å²) in [5.74, 6) is 0. The molecule has 2 heterocycles. The minimum absolute atomic E-state index is 0.775. The summed E-state index contributed by atoms with van der Waals surface area (Å²) in [5.41, 5.74) is 0. The number of aromatic nitrogens is 1. The molecule has 0 amide bonds. The summed E-state index contributed by atoms with van der Waals surface area (Å²) in [4.78, 5) is 5.44. The molecular weight excluding hydrogens is 304 g/mol. The van der Waals surface area contributed by atoms with E-state index < -0.39 is 0 Å². The van der Waals surface area contributed by atoms with Crippen molar-refractivity contribution in [3.8, 4) is 0 Å². The van der Waals surface area contributed by atoms with E-state index in [2.05, 4.69) is 26.2 Å². The van der Waals surface area contributed by atoms with Crippen molar-refractivity contribution in [1.82, 2.24) is 4.98 Å². The maximum atomic E-state index is 5.82. The van der Waals surface area contributed by atoms with E-state index in [1.165, 1.54) is 4.88 Å². The first-order chi connectivity index (χ1) is 6.74. The van der Waals surface area contributed by atoms with Crippen molar-refractivity contribution in [2.24, 2.45) is 0 Å². The number of halogens is 2. The van der Waals surface area contributed by atoms with Gasteiger partial charge in [0.05, 0.1) is 10.9 Å². The standard InChI is InChI=1S/C8H6BrClN2S2/c9-6-4-13-8(12-6)11-3-5-1-2-7(10)14-5/h1-2,4H,3H2,(H,11,12). The molecule has 14 heavy (non-hydrogen) atoms. The van der Waals surface area contributed by atoms with Crippen LogP contribution in [0.1, 0.15) is 4.88 Å². The van der Waals surface area contributed by atoms with Gasteiger partial charge in [-0.15, -0.1) is 22.7 Å². The van der Waals surface area contributed by atoms with Gasteiger partial charge in [-0.1, -0.05) is 11.6 Å². The van der Waals surface area contributed by atoms with Crippen LogP contribution in [0, 0.1) is 0 Å². The topological polar surface area (TPSA) is 24.9 Å². The molecule has 0 radical (unpaired) electrons. The van der Waals surface area contributed by atoms with Crippen molar-refractivity contribution in [1.29, 1.82) is 0 Å².